The zero-order valence-electron chi connectivity index (χ0n) is 7.73. The maximum Gasteiger partial charge on any atom is 0.340 e. The Morgan fingerprint density at radius 1 is 1.64 bits per heavy atom. The molecule has 0 heterocycles. The van der Waals surface area contributed by atoms with Crippen molar-refractivity contribution in [1.29, 1.82) is 0 Å². The number of carbonyl (C=O) groups is 1. The van der Waals surface area contributed by atoms with Crippen molar-refractivity contribution in [1.82, 2.24) is 0 Å². The molecule has 0 bridgehead atoms. The highest BCUT2D eigenvalue weighted by Gasteiger charge is 2.17. The monoisotopic (exact) mass is 217 g/mol. The smallest absolute Gasteiger partial charge is 0.340 e. The van der Waals surface area contributed by atoms with Crippen molar-refractivity contribution in [3.63, 3.8) is 0 Å². The highest BCUT2D eigenvalue weighted by Crippen LogP contribution is 2.28. The molecule has 0 radical (unpaired) electrons. The lowest BCUT2D eigenvalue weighted by Crippen LogP contribution is -2.08. The number of esters is 1. The van der Waals surface area contributed by atoms with Crippen LogP contribution in [0, 0.1) is 12.7 Å². The third-order valence-corrected chi connectivity index (χ3v) is 2.30. The van der Waals surface area contributed by atoms with Crippen molar-refractivity contribution < 1.29 is 13.9 Å². The second kappa shape index (κ2) is 3.84. The first-order valence-electron chi connectivity index (χ1n) is 3.81. The molecule has 14 heavy (non-hydrogen) atoms. The Labute approximate surface area is 85.6 Å². The molecule has 2 N–H and O–H groups in total. The average Bonchev–Trinajstić information content (AvgIpc) is 2.19. The van der Waals surface area contributed by atoms with Crippen LogP contribution in [0.5, 0.6) is 0 Å². The number of methoxy groups -OCH3 is 1. The predicted molar refractivity (Wildman–Crippen MR) is 51.9 cm³/mol. The van der Waals surface area contributed by atoms with E-state index >= 15 is 0 Å². The van der Waals surface area contributed by atoms with Crippen molar-refractivity contribution in [3.8, 4) is 0 Å². The summed E-state index contributed by atoms with van der Waals surface area (Å²) in [5, 5.41) is -0.0739. The summed E-state index contributed by atoms with van der Waals surface area (Å²) in [4.78, 5) is 11.1. The van der Waals surface area contributed by atoms with Gasteiger partial charge in [-0.3, -0.25) is 0 Å². The first-order chi connectivity index (χ1) is 6.49. The lowest BCUT2D eigenvalue weighted by atomic mass is 10.1. The zero-order chi connectivity index (χ0) is 10.9. The van der Waals surface area contributed by atoms with Crippen molar-refractivity contribution in [2.24, 2.45) is 0 Å². The Hall–Kier alpha value is -1.29. The fraction of sp³-hybridized carbons (Fsp3) is 0.222. The van der Waals surface area contributed by atoms with Gasteiger partial charge in [0.05, 0.1) is 23.4 Å². The first kappa shape index (κ1) is 10.8. The van der Waals surface area contributed by atoms with Crippen LogP contribution in [-0.2, 0) is 4.74 Å². The molecule has 5 heteroatoms. The van der Waals surface area contributed by atoms with Gasteiger partial charge in [-0.1, -0.05) is 11.6 Å². The van der Waals surface area contributed by atoms with E-state index in [1.165, 1.54) is 13.2 Å². The van der Waals surface area contributed by atoms with Gasteiger partial charge in [-0.25, -0.2) is 9.18 Å². The summed E-state index contributed by atoms with van der Waals surface area (Å²) < 4.78 is 17.7. The number of carbonyl (C=O) groups excluding carboxylic acids is 1. The number of benzene rings is 1. The number of ether oxygens (including phenoxy) is 1. The van der Waals surface area contributed by atoms with Crippen LogP contribution in [-0.4, -0.2) is 13.1 Å². The van der Waals surface area contributed by atoms with E-state index in [1.54, 1.807) is 6.92 Å². The third-order valence-electron chi connectivity index (χ3n) is 1.83. The Kier molecular flexibility index (Phi) is 2.96. The molecule has 0 unspecified atom stereocenters. The van der Waals surface area contributed by atoms with E-state index < -0.39 is 11.8 Å². The number of halogens is 2. The molecule has 0 saturated heterocycles. The molecule has 3 nitrogen and oxygen atoms in total. The van der Waals surface area contributed by atoms with E-state index in [-0.39, 0.29) is 16.3 Å². The van der Waals surface area contributed by atoms with Gasteiger partial charge in [-0.2, -0.15) is 0 Å². The maximum absolute atomic E-state index is 13.3. The third kappa shape index (κ3) is 1.65. The van der Waals surface area contributed by atoms with Gasteiger partial charge in [-0.05, 0) is 18.6 Å². The van der Waals surface area contributed by atoms with Gasteiger partial charge in [0.1, 0.15) is 0 Å². The van der Waals surface area contributed by atoms with Gasteiger partial charge in [0.15, 0.2) is 5.82 Å². The Balaban J connectivity index is 3.40. The Bertz CT molecular complexity index is 393. The molecule has 0 amide bonds. The van der Waals surface area contributed by atoms with Crippen LogP contribution < -0.4 is 5.73 Å². The quantitative estimate of drug-likeness (QED) is 0.579. The molecule has 0 atom stereocenters. The molecule has 0 fully saturated rings. The van der Waals surface area contributed by atoms with E-state index in [0.29, 0.717) is 5.56 Å². The zero-order valence-corrected chi connectivity index (χ0v) is 8.48. The van der Waals surface area contributed by atoms with Crippen molar-refractivity contribution in [2.75, 3.05) is 12.8 Å². The Morgan fingerprint density at radius 3 is 2.71 bits per heavy atom. The standard InChI is InChI=1S/C9H9ClFNO2/c1-4-3-5(9(13)14-2)8(12)7(11)6(4)10/h3H,12H2,1-2H3. The predicted octanol–water partition coefficient (Wildman–Crippen LogP) is 2.16. The van der Waals surface area contributed by atoms with E-state index in [0.717, 1.165) is 0 Å². The fourth-order valence-corrected chi connectivity index (χ4v) is 1.20. The van der Waals surface area contributed by atoms with Crippen molar-refractivity contribution >= 4 is 23.3 Å². The Morgan fingerprint density at radius 2 is 2.21 bits per heavy atom. The number of rotatable bonds is 1. The van der Waals surface area contributed by atoms with E-state index in [2.05, 4.69) is 4.74 Å². The van der Waals surface area contributed by atoms with E-state index in [9.17, 15) is 9.18 Å². The molecule has 0 spiro atoms. The lowest BCUT2D eigenvalue weighted by Gasteiger charge is -2.08. The van der Waals surface area contributed by atoms with Crippen molar-refractivity contribution in [2.45, 2.75) is 6.92 Å². The summed E-state index contributed by atoms with van der Waals surface area (Å²) >= 11 is 5.60. The minimum absolute atomic E-state index is 0.00750. The van der Waals surface area contributed by atoms with E-state index in [1.807, 2.05) is 0 Å². The van der Waals surface area contributed by atoms with Gasteiger partial charge in [0, 0.05) is 0 Å². The van der Waals surface area contributed by atoms with Gasteiger partial charge in [0.2, 0.25) is 0 Å². The number of aryl methyl sites for hydroxylation is 1. The van der Waals surface area contributed by atoms with Crippen LogP contribution in [0.3, 0.4) is 0 Å². The molecule has 0 aliphatic rings. The van der Waals surface area contributed by atoms with Crippen LogP contribution in [0.25, 0.3) is 0 Å². The number of nitrogens with two attached hydrogens (primary N) is 1. The van der Waals surface area contributed by atoms with Gasteiger partial charge in [-0.15, -0.1) is 0 Å². The second-order valence-corrected chi connectivity index (χ2v) is 3.15. The van der Waals surface area contributed by atoms with E-state index in [4.69, 9.17) is 17.3 Å². The number of nitrogen functional groups attached to an aromatic ring is 1. The van der Waals surface area contributed by atoms with Crippen LogP contribution in [0.2, 0.25) is 5.02 Å². The minimum Gasteiger partial charge on any atom is -0.465 e. The summed E-state index contributed by atoms with van der Waals surface area (Å²) in [6.07, 6.45) is 0. The highest BCUT2D eigenvalue weighted by atomic mass is 35.5. The lowest BCUT2D eigenvalue weighted by molar-refractivity contribution is 0.0601. The molecular weight excluding hydrogens is 209 g/mol. The van der Waals surface area contributed by atoms with Gasteiger partial charge < -0.3 is 10.5 Å². The number of hydrogen-bond donors (Lipinski definition) is 1. The normalized spacial score (nSPS) is 10.0. The molecule has 76 valence electrons. The summed E-state index contributed by atoms with van der Waals surface area (Å²) in [6.45, 7) is 1.58. The average molecular weight is 218 g/mol. The van der Waals surface area contributed by atoms with Crippen LogP contribution in [0.4, 0.5) is 10.1 Å². The second-order valence-electron chi connectivity index (χ2n) is 2.77. The summed E-state index contributed by atoms with van der Waals surface area (Å²) in [5.74, 6) is -1.46. The highest BCUT2D eigenvalue weighted by molar-refractivity contribution is 6.32. The molecule has 0 saturated carbocycles. The van der Waals surface area contributed by atoms with Crippen LogP contribution >= 0.6 is 11.6 Å². The molecule has 0 aliphatic heterocycles. The SMILES string of the molecule is COC(=O)c1cc(C)c(Cl)c(F)c1N. The topological polar surface area (TPSA) is 52.3 Å². The fourth-order valence-electron chi connectivity index (χ4n) is 1.05. The molecular formula is C9H9ClFNO2. The summed E-state index contributed by atoms with van der Waals surface area (Å²) in [7, 11) is 1.20. The molecule has 0 aliphatic carbocycles. The molecule has 1 aromatic rings. The molecule has 1 aromatic carbocycles. The van der Waals surface area contributed by atoms with Crippen LogP contribution in [0.15, 0.2) is 6.07 Å². The first-order valence-corrected chi connectivity index (χ1v) is 4.19. The van der Waals surface area contributed by atoms with Gasteiger partial charge in [0.25, 0.3) is 0 Å². The molecule has 0 aromatic heterocycles. The van der Waals surface area contributed by atoms with Crippen molar-refractivity contribution in [3.05, 3.63) is 28.0 Å². The number of anilines is 1. The minimum atomic E-state index is -0.785. The number of hydrogen-bond acceptors (Lipinski definition) is 3. The summed E-state index contributed by atoms with van der Waals surface area (Å²) in [6, 6.07) is 1.40. The van der Waals surface area contributed by atoms with Crippen LogP contribution in [0.1, 0.15) is 15.9 Å². The molecule has 1 rings (SSSR count). The van der Waals surface area contributed by atoms with Gasteiger partial charge >= 0.3 is 5.97 Å². The largest absolute Gasteiger partial charge is 0.465 e. The summed E-state index contributed by atoms with van der Waals surface area (Å²) in [5.41, 5.74) is 5.52. The maximum atomic E-state index is 13.3.